The van der Waals surface area contributed by atoms with Crippen molar-refractivity contribution < 1.29 is 9.59 Å². The molecular weight excluding hydrogens is 332 g/mol. The molecular formula is C16H21BrN2O2. The molecule has 0 aliphatic heterocycles. The van der Waals surface area contributed by atoms with Crippen LogP contribution in [0, 0.1) is 5.92 Å². The molecule has 21 heavy (non-hydrogen) atoms. The van der Waals surface area contributed by atoms with Crippen molar-refractivity contribution in [2.24, 2.45) is 5.92 Å². The smallest absolute Gasteiger partial charge is 0.251 e. The predicted octanol–water partition coefficient (Wildman–Crippen LogP) is 2.88. The van der Waals surface area contributed by atoms with Crippen LogP contribution in [0.25, 0.3) is 0 Å². The molecule has 114 valence electrons. The second kappa shape index (κ2) is 8.17. The minimum absolute atomic E-state index is 0.0294. The van der Waals surface area contributed by atoms with Crippen LogP contribution in [0.5, 0.6) is 0 Å². The maximum Gasteiger partial charge on any atom is 0.251 e. The highest BCUT2D eigenvalue weighted by molar-refractivity contribution is 9.10. The lowest BCUT2D eigenvalue weighted by molar-refractivity contribution is -0.120. The van der Waals surface area contributed by atoms with Gasteiger partial charge in [-0.2, -0.15) is 0 Å². The van der Waals surface area contributed by atoms with Crippen LogP contribution in [0.1, 0.15) is 42.5 Å². The van der Waals surface area contributed by atoms with E-state index in [1.165, 1.54) is 32.1 Å². The highest BCUT2D eigenvalue weighted by Crippen LogP contribution is 2.22. The summed E-state index contributed by atoms with van der Waals surface area (Å²) in [5.41, 5.74) is 0.554. The molecule has 0 heterocycles. The Balaban J connectivity index is 1.68. The van der Waals surface area contributed by atoms with Crippen molar-refractivity contribution in [3.8, 4) is 0 Å². The van der Waals surface area contributed by atoms with Gasteiger partial charge in [0.05, 0.1) is 6.54 Å². The molecule has 2 N–H and O–H groups in total. The Kier molecular flexibility index (Phi) is 6.23. The summed E-state index contributed by atoms with van der Waals surface area (Å²) in [6.45, 7) is 0.759. The zero-order chi connectivity index (χ0) is 15.1. The molecule has 0 radical (unpaired) electrons. The van der Waals surface area contributed by atoms with E-state index in [2.05, 4.69) is 26.6 Å². The van der Waals surface area contributed by atoms with Crippen LogP contribution in [0.15, 0.2) is 28.7 Å². The van der Waals surface area contributed by atoms with Crippen molar-refractivity contribution in [2.75, 3.05) is 13.1 Å². The van der Waals surface area contributed by atoms with Gasteiger partial charge >= 0.3 is 0 Å². The summed E-state index contributed by atoms with van der Waals surface area (Å²) in [5, 5.41) is 5.55. The topological polar surface area (TPSA) is 58.2 Å². The molecule has 1 fully saturated rings. The van der Waals surface area contributed by atoms with Gasteiger partial charge in [-0.3, -0.25) is 9.59 Å². The number of halogens is 1. The van der Waals surface area contributed by atoms with Crippen LogP contribution in [0.4, 0.5) is 0 Å². The molecule has 0 bridgehead atoms. The zero-order valence-corrected chi connectivity index (χ0v) is 13.6. The first-order valence-corrected chi connectivity index (χ1v) is 8.25. The molecule has 0 unspecified atom stereocenters. The van der Waals surface area contributed by atoms with Crippen molar-refractivity contribution >= 4 is 27.7 Å². The quantitative estimate of drug-likeness (QED) is 0.855. The highest BCUT2D eigenvalue weighted by Gasteiger charge is 2.14. The lowest BCUT2D eigenvalue weighted by Crippen LogP contribution is -2.39. The van der Waals surface area contributed by atoms with Gasteiger partial charge in [0.1, 0.15) is 0 Å². The molecule has 2 rings (SSSR count). The molecule has 1 saturated carbocycles. The van der Waals surface area contributed by atoms with Crippen molar-refractivity contribution in [3.63, 3.8) is 0 Å². The monoisotopic (exact) mass is 352 g/mol. The molecule has 1 aliphatic carbocycles. The number of amides is 2. The summed E-state index contributed by atoms with van der Waals surface area (Å²) in [4.78, 5) is 23.6. The van der Waals surface area contributed by atoms with Crippen LogP contribution >= 0.6 is 15.9 Å². The van der Waals surface area contributed by atoms with Gasteiger partial charge in [0, 0.05) is 16.6 Å². The summed E-state index contributed by atoms with van der Waals surface area (Å²) >= 11 is 3.32. The molecule has 4 nitrogen and oxygen atoms in total. The van der Waals surface area contributed by atoms with E-state index in [4.69, 9.17) is 0 Å². The molecule has 5 heteroatoms. The van der Waals surface area contributed by atoms with Gasteiger partial charge in [-0.25, -0.2) is 0 Å². The van der Waals surface area contributed by atoms with Crippen LogP contribution in [-0.2, 0) is 4.79 Å². The third kappa shape index (κ3) is 5.50. The number of benzene rings is 1. The average Bonchev–Trinajstić information content (AvgIpc) is 2.52. The van der Waals surface area contributed by atoms with Crippen LogP contribution in [0.2, 0.25) is 0 Å². The summed E-state index contributed by atoms with van der Waals surface area (Å²) < 4.78 is 0.921. The molecule has 1 aromatic rings. The largest absolute Gasteiger partial charge is 0.354 e. The van der Waals surface area contributed by atoms with E-state index in [-0.39, 0.29) is 18.4 Å². The first kappa shape index (κ1) is 16.0. The zero-order valence-electron chi connectivity index (χ0n) is 12.0. The van der Waals surface area contributed by atoms with Crippen LogP contribution in [0.3, 0.4) is 0 Å². The Hall–Kier alpha value is -1.36. The van der Waals surface area contributed by atoms with Gasteiger partial charge in [0.25, 0.3) is 5.91 Å². The minimum Gasteiger partial charge on any atom is -0.354 e. The number of rotatable bonds is 5. The number of hydrogen-bond acceptors (Lipinski definition) is 2. The summed E-state index contributed by atoms with van der Waals surface area (Å²) in [5.74, 6) is 0.256. The molecule has 1 aromatic carbocycles. The number of nitrogens with one attached hydrogen (secondary N) is 2. The van der Waals surface area contributed by atoms with Crippen molar-refractivity contribution in [2.45, 2.75) is 32.1 Å². The molecule has 1 aliphatic rings. The van der Waals surface area contributed by atoms with Gasteiger partial charge in [-0.15, -0.1) is 0 Å². The summed E-state index contributed by atoms with van der Waals surface area (Å²) in [6, 6.07) is 7.05. The molecule has 2 amide bonds. The predicted molar refractivity (Wildman–Crippen MR) is 86.1 cm³/mol. The third-order valence-corrected chi connectivity index (χ3v) is 4.36. The van der Waals surface area contributed by atoms with E-state index in [0.29, 0.717) is 11.5 Å². The number of carbonyl (C=O) groups excluding carboxylic acids is 2. The molecule has 0 spiro atoms. The first-order chi connectivity index (χ1) is 10.1. The van der Waals surface area contributed by atoms with E-state index >= 15 is 0 Å². The van der Waals surface area contributed by atoms with Crippen molar-refractivity contribution in [1.29, 1.82) is 0 Å². The second-order valence-electron chi connectivity index (χ2n) is 5.50. The van der Waals surface area contributed by atoms with E-state index in [9.17, 15) is 9.59 Å². The lowest BCUT2D eigenvalue weighted by atomic mass is 9.89. The Morgan fingerprint density at radius 1 is 1.05 bits per heavy atom. The minimum atomic E-state index is -0.227. The standard InChI is InChI=1S/C16H21BrN2O2/c17-14-8-6-13(7-9-14)16(21)19-11-15(20)18-10-12-4-2-1-3-5-12/h6-9,12H,1-5,10-11H2,(H,18,20)(H,19,21). The Morgan fingerprint density at radius 3 is 2.38 bits per heavy atom. The van der Waals surface area contributed by atoms with Gasteiger partial charge in [-0.1, -0.05) is 35.2 Å². The van der Waals surface area contributed by atoms with E-state index < -0.39 is 0 Å². The van der Waals surface area contributed by atoms with Crippen LogP contribution in [-0.4, -0.2) is 24.9 Å². The Bertz CT molecular complexity index is 482. The van der Waals surface area contributed by atoms with Crippen molar-refractivity contribution in [1.82, 2.24) is 10.6 Å². The normalized spacial score (nSPS) is 15.5. The van der Waals surface area contributed by atoms with Crippen LogP contribution < -0.4 is 10.6 Å². The maximum atomic E-state index is 11.9. The van der Waals surface area contributed by atoms with E-state index in [1.807, 2.05) is 0 Å². The first-order valence-electron chi connectivity index (χ1n) is 7.45. The van der Waals surface area contributed by atoms with Gasteiger partial charge in [-0.05, 0) is 43.0 Å². The Morgan fingerprint density at radius 2 is 1.71 bits per heavy atom. The third-order valence-electron chi connectivity index (χ3n) is 3.83. The van der Waals surface area contributed by atoms with Gasteiger partial charge < -0.3 is 10.6 Å². The fourth-order valence-electron chi connectivity index (χ4n) is 2.58. The fourth-order valence-corrected chi connectivity index (χ4v) is 2.84. The average molecular weight is 353 g/mol. The maximum absolute atomic E-state index is 11.9. The fraction of sp³-hybridized carbons (Fsp3) is 0.500. The van der Waals surface area contributed by atoms with E-state index in [0.717, 1.165) is 11.0 Å². The summed E-state index contributed by atoms with van der Waals surface area (Å²) in [7, 11) is 0. The molecule has 0 saturated heterocycles. The highest BCUT2D eigenvalue weighted by atomic mass is 79.9. The van der Waals surface area contributed by atoms with E-state index in [1.54, 1.807) is 24.3 Å². The number of hydrogen-bond donors (Lipinski definition) is 2. The Labute approximate surface area is 133 Å². The molecule has 0 atom stereocenters. The van der Waals surface area contributed by atoms with Crippen molar-refractivity contribution in [3.05, 3.63) is 34.3 Å². The second-order valence-corrected chi connectivity index (χ2v) is 6.41. The molecule has 0 aromatic heterocycles. The van der Waals surface area contributed by atoms with Gasteiger partial charge in [0.15, 0.2) is 0 Å². The summed E-state index contributed by atoms with van der Waals surface area (Å²) in [6.07, 6.45) is 6.24. The SMILES string of the molecule is O=C(CNC(=O)c1ccc(Br)cc1)NCC1CCCCC1. The number of carbonyl (C=O) groups is 2. The van der Waals surface area contributed by atoms with Gasteiger partial charge in [0.2, 0.25) is 5.91 Å². The lowest BCUT2D eigenvalue weighted by Gasteiger charge is -2.21.